The van der Waals surface area contributed by atoms with E-state index in [4.69, 9.17) is 16.6 Å². The number of hydrogen-bond donors (Lipinski definition) is 1. The summed E-state index contributed by atoms with van der Waals surface area (Å²) in [5.74, 6) is 3.47. The quantitative estimate of drug-likeness (QED) is 0.919. The summed E-state index contributed by atoms with van der Waals surface area (Å²) < 4.78 is 0. The highest BCUT2D eigenvalue weighted by molar-refractivity contribution is 7.99. The number of thioether (sulfide) groups is 1. The molecule has 0 radical (unpaired) electrons. The molecule has 18 heavy (non-hydrogen) atoms. The molecule has 0 aromatic carbocycles. The van der Waals surface area contributed by atoms with Gasteiger partial charge in [0.1, 0.15) is 5.82 Å². The third kappa shape index (κ3) is 3.11. The number of hydrogen-bond acceptors (Lipinski definition) is 4. The number of nitrogens with one attached hydrogen (secondary N) is 1. The normalized spacial score (nSPS) is 20.2. The largest absolute Gasteiger partial charge is 0.355 e. The van der Waals surface area contributed by atoms with Gasteiger partial charge in [0.2, 0.25) is 0 Å². The zero-order chi connectivity index (χ0) is 12.4. The lowest BCUT2D eigenvalue weighted by atomic mass is 10.3. The molecule has 0 spiro atoms. The highest BCUT2D eigenvalue weighted by atomic mass is 35.5. The zero-order valence-electron chi connectivity index (χ0n) is 10.4. The molecule has 3 rings (SSSR count). The molecule has 0 unspecified atom stereocenters. The van der Waals surface area contributed by atoms with Crippen molar-refractivity contribution in [3.8, 4) is 0 Å². The van der Waals surface area contributed by atoms with Gasteiger partial charge in [-0.25, -0.2) is 4.98 Å². The van der Waals surface area contributed by atoms with E-state index in [0.29, 0.717) is 6.04 Å². The van der Waals surface area contributed by atoms with E-state index in [1.54, 1.807) is 0 Å². The molecule has 1 aromatic rings. The number of rotatable bonds is 4. The second-order valence-corrected chi connectivity index (χ2v) is 6.48. The van der Waals surface area contributed by atoms with Crippen LogP contribution in [0.25, 0.3) is 0 Å². The molecule has 0 bridgehead atoms. The van der Waals surface area contributed by atoms with Crippen molar-refractivity contribution in [1.82, 2.24) is 10.3 Å². The molecule has 98 valence electrons. The Morgan fingerprint density at radius 2 is 2.11 bits per heavy atom. The fourth-order valence-corrected chi connectivity index (χ4v) is 3.17. The van der Waals surface area contributed by atoms with Gasteiger partial charge in [-0.05, 0) is 25.0 Å². The van der Waals surface area contributed by atoms with Gasteiger partial charge in [0.25, 0.3) is 0 Å². The molecule has 1 aliphatic heterocycles. The lowest BCUT2D eigenvalue weighted by Crippen LogP contribution is -2.33. The Kier molecular flexibility index (Phi) is 3.97. The van der Waals surface area contributed by atoms with Crippen molar-refractivity contribution in [3.05, 3.63) is 22.8 Å². The van der Waals surface area contributed by atoms with Crippen LogP contribution in [0.4, 0.5) is 5.82 Å². The van der Waals surface area contributed by atoms with Gasteiger partial charge < -0.3 is 10.2 Å². The molecule has 2 heterocycles. The van der Waals surface area contributed by atoms with E-state index >= 15 is 0 Å². The maximum Gasteiger partial charge on any atom is 0.129 e. The van der Waals surface area contributed by atoms with E-state index in [2.05, 4.69) is 10.2 Å². The van der Waals surface area contributed by atoms with E-state index in [9.17, 15) is 0 Å². The van der Waals surface area contributed by atoms with Gasteiger partial charge in [-0.2, -0.15) is 11.8 Å². The van der Waals surface area contributed by atoms with Crippen molar-refractivity contribution in [2.75, 3.05) is 29.5 Å². The van der Waals surface area contributed by atoms with Gasteiger partial charge in [-0.15, -0.1) is 0 Å². The van der Waals surface area contributed by atoms with Gasteiger partial charge in [0.05, 0.1) is 10.7 Å². The van der Waals surface area contributed by atoms with Crippen molar-refractivity contribution in [1.29, 1.82) is 0 Å². The molecule has 1 saturated carbocycles. The minimum absolute atomic E-state index is 0.693. The number of pyridine rings is 1. The second kappa shape index (κ2) is 5.68. The molecular weight excluding hydrogens is 266 g/mol. The summed E-state index contributed by atoms with van der Waals surface area (Å²) in [7, 11) is 0. The molecule has 2 aliphatic rings. The molecule has 1 saturated heterocycles. The predicted octanol–water partition coefficient (Wildman–Crippen LogP) is 2.54. The Morgan fingerprint density at radius 1 is 1.33 bits per heavy atom. The van der Waals surface area contributed by atoms with Gasteiger partial charge in [-0.1, -0.05) is 11.6 Å². The van der Waals surface area contributed by atoms with E-state index in [1.807, 2.05) is 23.9 Å². The fourth-order valence-electron chi connectivity index (χ4n) is 2.09. The van der Waals surface area contributed by atoms with Crippen molar-refractivity contribution < 1.29 is 0 Å². The Hall–Kier alpha value is -0.450. The number of halogens is 1. The van der Waals surface area contributed by atoms with Gasteiger partial charge in [0, 0.05) is 37.2 Å². The summed E-state index contributed by atoms with van der Waals surface area (Å²) in [6.45, 7) is 2.98. The third-order valence-electron chi connectivity index (χ3n) is 3.37. The van der Waals surface area contributed by atoms with Crippen molar-refractivity contribution in [3.63, 3.8) is 0 Å². The molecule has 1 aromatic heterocycles. The average Bonchev–Trinajstić information content (AvgIpc) is 3.23. The van der Waals surface area contributed by atoms with E-state index in [-0.39, 0.29) is 0 Å². The van der Waals surface area contributed by atoms with Gasteiger partial charge in [0.15, 0.2) is 0 Å². The van der Waals surface area contributed by atoms with Crippen LogP contribution in [0.15, 0.2) is 12.1 Å². The van der Waals surface area contributed by atoms with Crippen molar-refractivity contribution in [2.45, 2.75) is 25.4 Å². The summed E-state index contributed by atoms with van der Waals surface area (Å²) in [6.07, 6.45) is 2.58. The Balaban J connectivity index is 1.71. The van der Waals surface area contributed by atoms with Crippen LogP contribution in [0.5, 0.6) is 0 Å². The summed E-state index contributed by atoms with van der Waals surface area (Å²) in [4.78, 5) is 7.07. The lowest BCUT2D eigenvalue weighted by molar-refractivity contribution is 0.672. The molecule has 5 heteroatoms. The first kappa shape index (κ1) is 12.6. The molecular formula is C13H18ClN3S. The second-order valence-electron chi connectivity index (χ2n) is 4.85. The van der Waals surface area contributed by atoms with Crippen LogP contribution >= 0.6 is 23.4 Å². The van der Waals surface area contributed by atoms with Crippen LogP contribution in [-0.4, -0.2) is 35.6 Å². The molecule has 0 amide bonds. The maximum atomic E-state index is 6.21. The predicted molar refractivity (Wildman–Crippen MR) is 78.6 cm³/mol. The first-order valence-electron chi connectivity index (χ1n) is 6.54. The number of aromatic nitrogens is 1. The molecule has 0 atom stereocenters. The summed E-state index contributed by atoms with van der Waals surface area (Å²) in [5.41, 5.74) is 0.985. The SMILES string of the molecule is Clc1ccc(N2CCSCC2)nc1CNC1CC1. The summed E-state index contributed by atoms with van der Waals surface area (Å²) in [6, 6.07) is 4.71. The minimum Gasteiger partial charge on any atom is -0.355 e. The summed E-state index contributed by atoms with van der Waals surface area (Å²) in [5, 5.41) is 4.25. The van der Waals surface area contributed by atoms with E-state index in [1.165, 1.54) is 24.3 Å². The van der Waals surface area contributed by atoms with Crippen LogP contribution in [0.2, 0.25) is 5.02 Å². The van der Waals surface area contributed by atoms with Crippen molar-refractivity contribution in [2.24, 2.45) is 0 Å². The standard InChI is InChI=1S/C13H18ClN3S/c14-11-3-4-13(17-5-7-18-8-6-17)16-12(11)9-15-10-1-2-10/h3-4,10,15H,1-2,5-9H2. The first-order chi connectivity index (χ1) is 8.83. The van der Waals surface area contributed by atoms with Crippen LogP contribution in [0.3, 0.4) is 0 Å². The average molecular weight is 284 g/mol. The molecule has 3 nitrogen and oxygen atoms in total. The Bertz CT molecular complexity index is 417. The number of anilines is 1. The lowest BCUT2D eigenvalue weighted by Gasteiger charge is -2.27. The van der Waals surface area contributed by atoms with Crippen LogP contribution in [-0.2, 0) is 6.54 Å². The maximum absolute atomic E-state index is 6.21. The monoisotopic (exact) mass is 283 g/mol. The zero-order valence-corrected chi connectivity index (χ0v) is 11.9. The Morgan fingerprint density at radius 3 is 2.83 bits per heavy atom. The molecule has 1 N–H and O–H groups in total. The molecule has 2 fully saturated rings. The fraction of sp³-hybridized carbons (Fsp3) is 0.615. The summed E-state index contributed by atoms with van der Waals surface area (Å²) >= 11 is 8.23. The minimum atomic E-state index is 0.693. The number of nitrogens with zero attached hydrogens (tertiary/aromatic N) is 2. The highest BCUT2D eigenvalue weighted by Gasteiger charge is 2.21. The third-order valence-corrected chi connectivity index (χ3v) is 4.66. The van der Waals surface area contributed by atoms with Crippen molar-refractivity contribution >= 4 is 29.2 Å². The Labute approximate surface area is 117 Å². The smallest absolute Gasteiger partial charge is 0.129 e. The van der Waals surface area contributed by atoms with E-state index < -0.39 is 0 Å². The van der Waals surface area contributed by atoms with Gasteiger partial charge in [-0.3, -0.25) is 0 Å². The van der Waals surface area contributed by atoms with Crippen LogP contribution in [0, 0.1) is 0 Å². The first-order valence-corrected chi connectivity index (χ1v) is 8.08. The topological polar surface area (TPSA) is 28.2 Å². The van der Waals surface area contributed by atoms with Crippen LogP contribution in [0.1, 0.15) is 18.5 Å². The highest BCUT2D eigenvalue weighted by Crippen LogP contribution is 2.24. The van der Waals surface area contributed by atoms with E-state index in [0.717, 1.165) is 36.2 Å². The van der Waals surface area contributed by atoms with Crippen LogP contribution < -0.4 is 10.2 Å². The molecule has 1 aliphatic carbocycles. The van der Waals surface area contributed by atoms with Gasteiger partial charge >= 0.3 is 0 Å².